The van der Waals surface area contributed by atoms with E-state index in [4.69, 9.17) is 9.47 Å². The van der Waals surface area contributed by atoms with Gasteiger partial charge < -0.3 is 64.2 Å². The van der Waals surface area contributed by atoms with E-state index in [9.17, 15) is 103 Å². The largest absolute Gasteiger partial charge is 0.461 e. The number of hydrogen-bond acceptors (Lipinski definition) is 16. The number of rotatable bonds is 35. The minimum atomic E-state index is -4.42. The number of hydrogen-bond donors (Lipinski definition) is 0. The minimum absolute atomic E-state index is 0. The van der Waals surface area contributed by atoms with Gasteiger partial charge in [0.15, 0.2) is 0 Å². The van der Waals surface area contributed by atoms with E-state index in [-0.39, 0.29) is 82.1 Å². The molecule has 0 saturated carbocycles. The van der Waals surface area contributed by atoms with E-state index in [1.54, 1.807) is 0 Å². The van der Waals surface area contributed by atoms with Gasteiger partial charge in [-0.3, -0.25) is 0 Å². The van der Waals surface area contributed by atoms with Gasteiger partial charge in [-0.05, 0) is 34.6 Å². The van der Waals surface area contributed by atoms with E-state index in [0.29, 0.717) is 0 Å². The molecule has 13 nitrogen and oxygen atoms in total. The quantitative estimate of drug-likeness (QED) is 0.0147. The molecule has 3 atom stereocenters. The Bertz CT molecular complexity index is 1820. The number of ether oxygens (including phenoxy) is 8. The second kappa shape index (κ2) is 44.6. The fourth-order valence-corrected chi connectivity index (χ4v) is 5.15. The van der Waals surface area contributed by atoms with Crippen molar-refractivity contribution < 1.29 is 141 Å². The normalized spacial score (nSPS) is 12.0. The summed E-state index contributed by atoms with van der Waals surface area (Å²) in [5, 5.41) is -11.5. The number of halogens is 18. The molecule has 0 aromatic rings. The maximum atomic E-state index is 13.2. The summed E-state index contributed by atoms with van der Waals surface area (Å²) >= 11 is -0.578. The Morgan fingerprint density at radius 3 is 1.01 bits per heavy atom. The van der Waals surface area contributed by atoms with Crippen molar-refractivity contribution in [3.8, 4) is 0 Å². The molecule has 0 fully saturated rings. The maximum absolute atomic E-state index is 13.2. The first-order chi connectivity index (χ1) is 35.0. The molecule has 0 rings (SSSR count). The van der Waals surface area contributed by atoms with Crippen LogP contribution in [0.15, 0.2) is 60.8 Å². The molecular formula is C43H50F18O13Rf6S3-6. The number of esters is 5. The van der Waals surface area contributed by atoms with Gasteiger partial charge in [0.1, 0.15) is 38.1 Å². The first kappa shape index (κ1) is 95.1. The Hall–Kier alpha value is -10.3. The van der Waals surface area contributed by atoms with E-state index in [1.807, 2.05) is 0 Å². The van der Waals surface area contributed by atoms with Crippen LogP contribution in [-0.4, -0.2) is 133 Å². The van der Waals surface area contributed by atoms with Crippen molar-refractivity contribution in [2.45, 2.75) is 87.0 Å². The first-order valence-electron chi connectivity index (χ1n) is 20.1. The summed E-state index contributed by atoms with van der Waals surface area (Å²) in [7, 11) is 0. The number of carbonyl (C=O) groups is 5. The summed E-state index contributed by atoms with van der Waals surface area (Å²) < 4.78 is 256. The molecular weight excluding hydrogens is 2760 g/mol. The predicted molar refractivity (Wildman–Crippen MR) is 243 cm³/mol. The van der Waals surface area contributed by atoms with Gasteiger partial charge in [-0.2, -0.15) is 0 Å². The van der Waals surface area contributed by atoms with Gasteiger partial charge in [0.25, 0.3) is 18.3 Å². The average Bonchev–Trinajstić information content (AvgIpc) is 3.35. The van der Waals surface area contributed by atoms with Gasteiger partial charge in [0.05, 0.1) is 13.2 Å². The van der Waals surface area contributed by atoms with Crippen LogP contribution < -0.4 is 0 Å². The molecule has 83 heavy (non-hydrogen) atoms. The van der Waals surface area contributed by atoms with E-state index in [2.05, 4.69) is 61.3 Å². The van der Waals surface area contributed by atoms with Crippen LogP contribution in [-0.2, 0) is 61.9 Å². The third-order valence-corrected chi connectivity index (χ3v) is 9.51. The summed E-state index contributed by atoms with van der Waals surface area (Å²) in [6, 6.07) is 0. The Balaban J connectivity index is -0.000000109. The Morgan fingerprint density at radius 2 is 0.699 bits per heavy atom. The predicted octanol–water partition coefficient (Wildman–Crippen LogP) is 12.2. The van der Waals surface area contributed by atoms with Crippen LogP contribution in [0.25, 0.3) is 0 Å². The van der Waals surface area contributed by atoms with E-state index in [0.717, 1.165) is 0 Å². The van der Waals surface area contributed by atoms with E-state index < -0.39 is 154 Å². The molecule has 40 heteroatoms. The van der Waals surface area contributed by atoms with E-state index in [1.165, 1.54) is 34.6 Å². The Morgan fingerprint density at radius 1 is 0.398 bits per heavy atom. The van der Waals surface area contributed by atoms with Crippen molar-refractivity contribution in [3.63, 3.8) is 0 Å². The average molecular weight is 2820 g/mol. The Labute approximate surface area is 443 Å². The smallest absolute Gasteiger partial charge is 0.333 e. The second-order valence-corrected chi connectivity index (χ2v) is 17.6. The van der Waals surface area contributed by atoms with Crippen molar-refractivity contribution >= 4 is 65.1 Å². The minimum Gasteiger partial charge on any atom is -0.461 e. The molecule has 0 aliphatic heterocycles. The van der Waals surface area contributed by atoms with Gasteiger partial charge >= 0.3 is 29.8 Å². The van der Waals surface area contributed by atoms with Crippen molar-refractivity contribution in [1.29, 1.82) is 0 Å². The molecule has 462 valence electrons. The SMILES string of the molecule is C=C(C)C(=O)OC(CSC(F)(F)[CH-]F)C(CSC(F)(F)[CH-]F)OC(=O)C(=C)C.C=C(C)C(=O)OCC(COC(F)(F)[CH-]F)OC(F)(F)[CH-]F.C=C(C)C(=O)OCCOC(F)(F)[CH-]F.C=C(C)C(=O)OCCSC(F)(F)[CH-]F.[Rf].[Rf].[Rf].[Rf].[Rf].[Rf]. The molecule has 0 aromatic carbocycles. The van der Waals surface area contributed by atoms with Crippen molar-refractivity contribution in [3.05, 3.63) is 101 Å². The number of alkyl halides is 12. The summed E-state index contributed by atoms with van der Waals surface area (Å²) in [6.07, 6.45) is -18.1. The molecule has 0 saturated heterocycles. The Kier molecular flexibility index (Phi) is 51.0. The molecule has 0 heterocycles. The third-order valence-electron chi connectivity index (χ3n) is 6.72. The zero-order chi connectivity index (χ0) is 61.2. The van der Waals surface area contributed by atoms with Gasteiger partial charge in [0, 0.05) is 45.1 Å². The van der Waals surface area contributed by atoms with Gasteiger partial charge in [-0.1, -0.05) is 72.9 Å². The second-order valence-electron chi connectivity index (χ2n) is 14.1. The van der Waals surface area contributed by atoms with Crippen molar-refractivity contribution in [2.24, 2.45) is 0 Å². The van der Waals surface area contributed by atoms with Gasteiger partial charge in [-0.15, -0.1) is 35.3 Å². The van der Waals surface area contributed by atoms with Crippen molar-refractivity contribution in [2.75, 3.05) is 50.3 Å². The fraction of sp³-hybridized carbons (Fsp3) is 0.512. The maximum Gasteiger partial charge on any atom is 0.333 e. The van der Waals surface area contributed by atoms with E-state index >= 15 is 0 Å². The summed E-state index contributed by atoms with van der Waals surface area (Å²) in [4.78, 5) is 56.0. The van der Waals surface area contributed by atoms with Crippen LogP contribution in [0, 0.1) is 40.0 Å². The van der Waals surface area contributed by atoms with Gasteiger partial charge in [0.2, 0.25) is 15.8 Å². The molecule has 3 unspecified atom stereocenters. The zero-order valence-corrected chi connectivity index (χ0v) is 85.8. The molecule has 0 radical (unpaired) electrons. The number of thioether (sulfide) groups is 3. The van der Waals surface area contributed by atoms with Crippen molar-refractivity contribution in [1.82, 2.24) is 0 Å². The molecule has 0 aliphatic rings. The number of carbonyl (C=O) groups excluding carboxylic acids is 5. The summed E-state index contributed by atoms with van der Waals surface area (Å²) in [5.74, 6) is -6.35. The molecule has 0 aromatic heterocycles. The van der Waals surface area contributed by atoms with Crippen LogP contribution in [0.2, 0.25) is 0 Å². The molecule has 0 bridgehead atoms. The third kappa shape index (κ3) is 49.7. The van der Waals surface area contributed by atoms with Crippen LogP contribution in [0.5, 0.6) is 0 Å². The fourth-order valence-electron chi connectivity index (χ4n) is 3.19. The van der Waals surface area contributed by atoms with Crippen LogP contribution in [0.3, 0.4) is 0 Å². The molecule has 0 aliphatic carbocycles. The zero-order valence-electron chi connectivity index (χ0n) is 45.0. The molecule has 0 spiro atoms. The molecule has 0 N–H and O–H groups in total. The van der Waals surface area contributed by atoms with Crippen LogP contribution >= 0.6 is 35.3 Å². The van der Waals surface area contributed by atoms with Crippen LogP contribution in [0.4, 0.5) is 79.0 Å². The topological polar surface area (TPSA) is 159 Å². The summed E-state index contributed by atoms with van der Waals surface area (Å²) in [6.45, 7) is 13.8. The van der Waals surface area contributed by atoms with Gasteiger partial charge in [-0.25, -0.2) is 76.7 Å². The monoisotopic (exact) mass is 2810 g/mol. The van der Waals surface area contributed by atoms with Crippen LogP contribution in [0.1, 0.15) is 34.6 Å². The molecule has 0 amide bonds. The summed E-state index contributed by atoms with van der Waals surface area (Å²) in [5.41, 5.74) is -0.0636. The first-order valence-corrected chi connectivity index (χ1v) is 23.0. The standard InChI is InChI=1S/C16H18F6O4S2.C11H12F6O4.C8H10F3O3.C8H10F3O2S.6Rf/c1-9(2)13(23)25-11(5-27-15(19,20)7-17)12(26-14(24)10(3)4)6-28-16(21,22)8-18;1-7(2)9(18)19-3-8(21-11(16,17)6-13)4-20-10(14,15)5-12;2*1-6(2)7(12)13-3-4-14-8(10,11)5-9;;;;;;/h7-8,11-12H,1,3,5-6H2,2,4H3;5-6,8H,1,3-4H2,2H3;2*5H,1,3-4H2,2H3;;;;;;/q2*-2;2*-1;;;;;;.